The fourth-order valence-corrected chi connectivity index (χ4v) is 2.17. The summed E-state index contributed by atoms with van der Waals surface area (Å²) in [4.78, 5) is 26.2. The second-order valence-electron chi connectivity index (χ2n) is 4.94. The number of carboxylic acids is 1. The monoisotopic (exact) mass is 242 g/mol. The number of nitrogens with zero attached hydrogens (tertiary/aromatic N) is 2. The van der Waals surface area contributed by atoms with Crippen LogP contribution in [0, 0.1) is 5.92 Å². The van der Waals surface area contributed by atoms with Crippen molar-refractivity contribution >= 4 is 12.0 Å². The van der Waals surface area contributed by atoms with Gasteiger partial charge in [0.1, 0.15) is 0 Å². The molecule has 2 unspecified atom stereocenters. The number of carbonyl (C=O) groups excluding carboxylic acids is 1. The predicted molar refractivity (Wildman–Crippen MR) is 64.8 cm³/mol. The van der Waals surface area contributed by atoms with Crippen LogP contribution in [-0.4, -0.2) is 53.1 Å². The maximum atomic E-state index is 12.1. The third kappa shape index (κ3) is 3.61. The van der Waals surface area contributed by atoms with Crippen molar-refractivity contribution in [3.8, 4) is 0 Å². The number of amides is 2. The zero-order chi connectivity index (χ0) is 13.0. The van der Waals surface area contributed by atoms with Gasteiger partial charge in [-0.05, 0) is 26.2 Å². The van der Waals surface area contributed by atoms with Gasteiger partial charge in [0.05, 0.1) is 5.92 Å². The van der Waals surface area contributed by atoms with Gasteiger partial charge in [0.2, 0.25) is 0 Å². The smallest absolute Gasteiger partial charge is 0.320 e. The number of piperidine rings is 1. The summed E-state index contributed by atoms with van der Waals surface area (Å²) in [5, 5.41) is 8.82. The number of likely N-dealkylation sites (tertiary alicyclic amines) is 1. The van der Waals surface area contributed by atoms with E-state index in [1.807, 2.05) is 11.8 Å². The van der Waals surface area contributed by atoms with Crippen molar-refractivity contribution in [3.63, 3.8) is 0 Å². The van der Waals surface area contributed by atoms with Crippen LogP contribution in [0.1, 0.15) is 33.1 Å². The largest absolute Gasteiger partial charge is 0.481 e. The first kappa shape index (κ1) is 13.8. The standard InChI is InChI=1S/C12H22N2O3/c1-9(11(15)16)8-13(3)12(17)14-7-5-4-6-10(14)2/h9-10H,4-8H2,1-3H3,(H,15,16). The van der Waals surface area contributed by atoms with Crippen LogP contribution in [0.5, 0.6) is 0 Å². The quantitative estimate of drug-likeness (QED) is 0.818. The Labute approximate surface area is 102 Å². The lowest BCUT2D eigenvalue weighted by molar-refractivity contribution is -0.141. The van der Waals surface area contributed by atoms with Crippen LogP contribution in [0.4, 0.5) is 4.79 Å². The molecule has 1 aliphatic rings. The molecule has 1 rings (SSSR count). The molecule has 0 aliphatic carbocycles. The van der Waals surface area contributed by atoms with E-state index in [9.17, 15) is 9.59 Å². The molecule has 0 spiro atoms. The molecular weight excluding hydrogens is 220 g/mol. The van der Waals surface area contributed by atoms with E-state index in [0.29, 0.717) is 0 Å². The lowest BCUT2D eigenvalue weighted by Crippen LogP contribution is -2.49. The van der Waals surface area contributed by atoms with Crippen LogP contribution in [0.2, 0.25) is 0 Å². The van der Waals surface area contributed by atoms with Gasteiger partial charge in [-0.2, -0.15) is 0 Å². The summed E-state index contributed by atoms with van der Waals surface area (Å²) in [6.07, 6.45) is 3.24. The summed E-state index contributed by atoms with van der Waals surface area (Å²) in [6, 6.07) is 0.212. The highest BCUT2D eigenvalue weighted by molar-refractivity contribution is 5.76. The van der Waals surface area contributed by atoms with Crippen LogP contribution >= 0.6 is 0 Å². The molecule has 0 aromatic heterocycles. The minimum atomic E-state index is -0.864. The van der Waals surface area contributed by atoms with E-state index in [1.165, 1.54) is 11.3 Å². The Morgan fingerprint density at radius 3 is 2.65 bits per heavy atom. The second-order valence-corrected chi connectivity index (χ2v) is 4.94. The van der Waals surface area contributed by atoms with Crippen molar-refractivity contribution in [2.75, 3.05) is 20.1 Å². The van der Waals surface area contributed by atoms with E-state index < -0.39 is 11.9 Å². The average molecular weight is 242 g/mol. The Morgan fingerprint density at radius 1 is 1.47 bits per heavy atom. The zero-order valence-electron chi connectivity index (χ0n) is 10.8. The summed E-state index contributed by atoms with van der Waals surface area (Å²) in [5.41, 5.74) is 0. The number of aliphatic carboxylic acids is 1. The van der Waals surface area contributed by atoms with Gasteiger partial charge in [-0.3, -0.25) is 4.79 Å². The Morgan fingerprint density at radius 2 is 2.12 bits per heavy atom. The first-order chi connectivity index (χ1) is 7.93. The van der Waals surface area contributed by atoms with E-state index in [-0.39, 0.29) is 18.6 Å². The van der Waals surface area contributed by atoms with E-state index in [0.717, 1.165) is 19.4 Å². The van der Waals surface area contributed by atoms with Crippen LogP contribution in [0.25, 0.3) is 0 Å². The summed E-state index contributed by atoms with van der Waals surface area (Å²) < 4.78 is 0. The number of hydrogen-bond acceptors (Lipinski definition) is 2. The molecule has 2 atom stereocenters. The third-order valence-corrected chi connectivity index (χ3v) is 3.34. The molecule has 1 fully saturated rings. The van der Waals surface area contributed by atoms with Gasteiger partial charge < -0.3 is 14.9 Å². The molecule has 17 heavy (non-hydrogen) atoms. The van der Waals surface area contributed by atoms with Crippen LogP contribution in [-0.2, 0) is 4.79 Å². The molecule has 2 amide bonds. The SMILES string of the molecule is CC(CN(C)C(=O)N1CCCCC1C)C(=O)O. The van der Waals surface area contributed by atoms with Gasteiger partial charge in [-0.25, -0.2) is 4.79 Å². The minimum absolute atomic E-state index is 0.0506. The van der Waals surface area contributed by atoms with Crippen molar-refractivity contribution in [2.24, 2.45) is 5.92 Å². The molecular formula is C12H22N2O3. The first-order valence-electron chi connectivity index (χ1n) is 6.18. The maximum absolute atomic E-state index is 12.1. The highest BCUT2D eigenvalue weighted by atomic mass is 16.4. The summed E-state index contributed by atoms with van der Waals surface area (Å²) in [7, 11) is 1.67. The second kappa shape index (κ2) is 5.89. The molecule has 1 saturated heterocycles. The minimum Gasteiger partial charge on any atom is -0.481 e. The van der Waals surface area contributed by atoms with Gasteiger partial charge in [0.15, 0.2) is 0 Å². The van der Waals surface area contributed by atoms with E-state index >= 15 is 0 Å². The van der Waals surface area contributed by atoms with Crippen LogP contribution in [0.15, 0.2) is 0 Å². The molecule has 5 heteroatoms. The first-order valence-corrected chi connectivity index (χ1v) is 6.18. The third-order valence-electron chi connectivity index (χ3n) is 3.34. The van der Waals surface area contributed by atoms with Gasteiger partial charge in [0, 0.05) is 26.2 Å². The number of urea groups is 1. The molecule has 0 aromatic rings. The fraction of sp³-hybridized carbons (Fsp3) is 0.833. The predicted octanol–water partition coefficient (Wildman–Crippen LogP) is 1.63. The fourth-order valence-electron chi connectivity index (χ4n) is 2.17. The number of carbonyl (C=O) groups is 2. The van der Waals surface area contributed by atoms with Crippen molar-refractivity contribution in [2.45, 2.75) is 39.2 Å². The molecule has 5 nitrogen and oxygen atoms in total. The molecule has 0 aromatic carbocycles. The molecule has 98 valence electrons. The number of hydrogen-bond donors (Lipinski definition) is 1. The maximum Gasteiger partial charge on any atom is 0.320 e. The normalized spacial score (nSPS) is 22.1. The Bertz CT molecular complexity index is 293. The highest BCUT2D eigenvalue weighted by Gasteiger charge is 2.27. The van der Waals surface area contributed by atoms with Crippen LogP contribution in [0.3, 0.4) is 0 Å². The molecule has 0 bridgehead atoms. The van der Waals surface area contributed by atoms with Gasteiger partial charge in [-0.1, -0.05) is 6.92 Å². The van der Waals surface area contributed by atoms with Gasteiger partial charge >= 0.3 is 12.0 Å². The Kier molecular flexibility index (Phi) is 4.78. The highest BCUT2D eigenvalue weighted by Crippen LogP contribution is 2.18. The van der Waals surface area contributed by atoms with Crippen molar-refractivity contribution in [3.05, 3.63) is 0 Å². The van der Waals surface area contributed by atoms with Gasteiger partial charge in [0.25, 0.3) is 0 Å². The number of rotatable bonds is 3. The molecule has 1 aliphatic heterocycles. The lowest BCUT2D eigenvalue weighted by atomic mass is 10.0. The van der Waals surface area contributed by atoms with Crippen molar-refractivity contribution < 1.29 is 14.7 Å². The lowest BCUT2D eigenvalue weighted by Gasteiger charge is -2.36. The summed E-state index contributed by atoms with van der Waals surface area (Å²) in [6.45, 7) is 4.71. The van der Waals surface area contributed by atoms with Crippen LogP contribution < -0.4 is 0 Å². The van der Waals surface area contributed by atoms with Crippen molar-refractivity contribution in [1.29, 1.82) is 0 Å². The summed E-state index contributed by atoms with van der Waals surface area (Å²) in [5.74, 6) is -1.39. The molecule has 1 N–H and O–H groups in total. The van der Waals surface area contributed by atoms with E-state index in [4.69, 9.17) is 5.11 Å². The number of carboxylic acid groups (broad SMARTS) is 1. The molecule has 0 saturated carbocycles. The topological polar surface area (TPSA) is 60.9 Å². The van der Waals surface area contributed by atoms with E-state index in [2.05, 4.69) is 0 Å². The van der Waals surface area contributed by atoms with Crippen molar-refractivity contribution in [1.82, 2.24) is 9.80 Å². The van der Waals surface area contributed by atoms with E-state index in [1.54, 1.807) is 14.0 Å². The van der Waals surface area contributed by atoms with Gasteiger partial charge in [-0.15, -0.1) is 0 Å². The Balaban J connectivity index is 2.53. The summed E-state index contributed by atoms with van der Waals surface area (Å²) >= 11 is 0. The molecule has 0 radical (unpaired) electrons. The Hall–Kier alpha value is -1.26. The zero-order valence-corrected chi connectivity index (χ0v) is 10.8. The average Bonchev–Trinajstić information content (AvgIpc) is 2.28. The molecule has 1 heterocycles.